The van der Waals surface area contributed by atoms with Crippen molar-refractivity contribution < 1.29 is 9.13 Å². The van der Waals surface area contributed by atoms with Gasteiger partial charge >= 0.3 is 0 Å². The zero-order valence-corrected chi connectivity index (χ0v) is 20.1. The summed E-state index contributed by atoms with van der Waals surface area (Å²) in [5.74, 6) is 3.57. The van der Waals surface area contributed by atoms with E-state index in [1.165, 1.54) is 76.2 Å². The number of hydrogen-bond acceptors (Lipinski definition) is 1. The van der Waals surface area contributed by atoms with E-state index in [2.05, 4.69) is 19.1 Å². The van der Waals surface area contributed by atoms with Crippen LogP contribution >= 0.6 is 0 Å². The summed E-state index contributed by atoms with van der Waals surface area (Å²) < 4.78 is 20.5. The molecule has 0 aromatic heterocycles. The van der Waals surface area contributed by atoms with E-state index in [0.29, 0.717) is 23.7 Å². The Morgan fingerprint density at radius 3 is 2.66 bits per heavy atom. The van der Waals surface area contributed by atoms with Gasteiger partial charge in [-0.25, -0.2) is 4.39 Å². The summed E-state index contributed by atoms with van der Waals surface area (Å²) in [5.41, 5.74) is 1.40. The summed E-state index contributed by atoms with van der Waals surface area (Å²) in [5, 5.41) is 1.67. The van der Waals surface area contributed by atoms with Crippen LogP contribution in [0.15, 0.2) is 42.5 Å². The summed E-state index contributed by atoms with van der Waals surface area (Å²) in [6.45, 7) is 4.64. The van der Waals surface area contributed by atoms with Gasteiger partial charge in [-0.05, 0) is 79.7 Å². The van der Waals surface area contributed by atoms with Crippen LogP contribution in [0.2, 0.25) is 0 Å². The first-order valence-corrected chi connectivity index (χ1v) is 13.2. The molecule has 0 radical (unpaired) electrons. The molecule has 2 fully saturated rings. The number of ether oxygens (including phenoxy) is 1. The van der Waals surface area contributed by atoms with E-state index >= 15 is 0 Å². The highest BCUT2D eigenvalue weighted by Gasteiger charge is 2.35. The van der Waals surface area contributed by atoms with E-state index in [4.69, 9.17) is 4.74 Å². The summed E-state index contributed by atoms with van der Waals surface area (Å²) in [7, 11) is 0. The van der Waals surface area contributed by atoms with Gasteiger partial charge in [0.25, 0.3) is 0 Å². The van der Waals surface area contributed by atoms with E-state index in [9.17, 15) is 4.39 Å². The lowest BCUT2D eigenvalue weighted by molar-refractivity contribution is 0.113. The van der Waals surface area contributed by atoms with Gasteiger partial charge < -0.3 is 4.74 Å². The minimum absolute atomic E-state index is 0.237. The first-order chi connectivity index (χ1) is 15.7. The Hall–Kier alpha value is -1.83. The molecule has 0 aliphatic heterocycles. The molecule has 4 atom stereocenters. The molecular formula is C30H41FO. The fourth-order valence-corrected chi connectivity index (χ4v) is 6.30. The van der Waals surface area contributed by atoms with E-state index in [-0.39, 0.29) is 5.82 Å². The van der Waals surface area contributed by atoms with Gasteiger partial charge in [0.15, 0.2) is 11.6 Å². The topological polar surface area (TPSA) is 9.23 Å². The maximum Gasteiger partial charge on any atom is 0.172 e. The third kappa shape index (κ3) is 5.56. The molecule has 174 valence electrons. The Labute approximate surface area is 194 Å². The lowest BCUT2D eigenvalue weighted by atomic mass is 9.63. The Morgan fingerprint density at radius 2 is 1.81 bits per heavy atom. The molecule has 2 heteroatoms. The molecule has 0 N–H and O–H groups in total. The standard InChI is InChI=1S/C30H41FO/c1-3-5-7-8-9-22-10-11-24-20-25(13-12-23(24)19-22)26-14-16-28-27(21-26)15-17-29(30(28)31)32-18-6-4-2/h4,6,14-17,21-25H,3,5,7-13,18-20H2,1-2H3/b6-4+/t22?,23-,24?,25-/m1/s1. The van der Waals surface area contributed by atoms with Crippen LogP contribution in [-0.2, 0) is 0 Å². The fraction of sp³-hybridized carbons (Fsp3) is 0.600. The Bertz CT molecular complexity index is 901. The van der Waals surface area contributed by atoms with E-state index in [0.717, 1.165) is 23.1 Å². The lowest BCUT2D eigenvalue weighted by Gasteiger charge is -2.42. The van der Waals surface area contributed by atoms with E-state index in [1.54, 1.807) is 6.07 Å². The highest BCUT2D eigenvalue weighted by molar-refractivity contribution is 5.85. The number of hydrogen-bond donors (Lipinski definition) is 0. The first kappa shape index (κ1) is 23.3. The number of benzene rings is 2. The maximum atomic E-state index is 14.9. The molecule has 1 nitrogen and oxygen atoms in total. The highest BCUT2D eigenvalue weighted by atomic mass is 19.1. The summed E-state index contributed by atoms with van der Waals surface area (Å²) in [6, 6.07) is 10.2. The molecule has 0 spiro atoms. The van der Waals surface area contributed by atoms with Crippen LogP contribution in [-0.4, -0.2) is 6.61 Å². The molecule has 0 saturated heterocycles. The number of rotatable bonds is 9. The van der Waals surface area contributed by atoms with Crippen LogP contribution in [0.4, 0.5) is 4.39 Å². The summed E-state index contributed by atoms with van der Waals surface area (Å²) in [6.07, 6.45) is 19.2. The van der Waals surface area contributed by atoms with Crippen molar-refractivity contribution in [2.24, 2.45) is 17.8 Å². The predicted octanol–water partition coefficient (Wildman–Crippen LogP) is 9.20. The Kier molecular flexibility index (Phi) is 8.27. The van der Waals surface area contributed by atoms with Gasteiger partial charge in [0.05, 0.1) is 0 Å². The lowest BCUT2D eigenvalue weighted by Crippen LogP contribution is -2.30. The van der Waals surface area contributed by atoms with Crippen molar-refractivity contribution in [1.29, 1.82) is 0 Å². The van der Waals surface area contributed by atoms with Gasteiger partial charge in [-0.3, -0.25) is 0 Å². The van der Waals surface area contributed by atoms with Crippen molar-refractivity contribution in [1.82, 2.24) is 0 Å². The molecule has 4 rings (SSSR count). The number of halogens is 1. The molecule has 2 saturated carbocycles. The number of allylic oxidation sites excluding steroid dienone is 1. The third-order valence-corrected chi connectivity index (χ3v) is 8.17. The minimum atomic E-state index is -0.237. The van der Waals surface area contributed by atoms with Crippen molar-refractivity contribution in [3.8, 4) is 5.75 Å². The van der Waals surface area contributed by atoms with Crippen molar-refractivity contribution in [2.45, 2.75) is 90.4 Å². The smallest absolute Gasteiger partial charge is 0.172 e. The molecular weight excluding hydrogens is 395 g/mol. The van der Waals surface area contributed by atoms with Crippen LogP contribution in [0.25, 0.3) is 10.8 Å². The van der Waals surface area contributed by atoms with Crippen molar-refractivity contribution in [3.63, 3.8) is 0 Å². The molecule has 2 aromatic rings. The van der Waals surface area contributed by atoms with Crippen molar-refractivity contribution >= 4 is 10.8 Å². The normalized spacial score (nSPS) is 25.8. The predicted molar refractivity (Wildman–Crippen MR) is 134 cm³/mol. The molecule has 2 unspecified atom stereocenters. The van der Waals surface area contributed by atoms with Crippen LogP contribution in [0.1, 0.15) is 96.0 Å². The number of fused-ring (bicyclic) bond motifs is 2. The molecule has 2 aromatic carbocycles. The quantitative estimate of drug-likeness (QED) is 0.281. The SMILES string of the molecule is C/C=C/COc1ccc2cc([C@@H]3CC[C@@H]4CC(CCCCCC)CCC4C3)ccc2c1F. The second kappa shape index (κ2) is 11.3. The first-order valence-electron chi connectivity index (χ1n) is 13.2. The summed E-state index contributed by atoms with van der Waals surface area (Å²) in [4.78, 5) is 0. The van der Waals surface area contributed by atoms with Gasteiger partial charge in [0.1, 0.15) is 6.61 Å². The maximum absolute atomic E-state index is 14.9. The second-order valence-electron chi connectivity index (χ2n) is 10.3. The molecule has 0 heterocycles. The van der Waals surface area contributed by atoms with Gasteiger partial charge in [0.2, 0.25) is 0 Å². The Morgan fingerprint density at radius 1 is 0.969 bits per heavy atom. The Balaban J connectivity index is 1.37. The molecule has 0 bridgehead atoms. The largest absolute Gasteiger partial charge is 0.486 e. The van der Waals surface area contributed by atoms with Gasteiger partial charge in [0, 0.05) is 5.39 Å². The van der Waals surface area contributed by atoms with Gasteiger partial charge in [-0.15, -0.1) is 0 Å². The number of unbranched alkanes of at least 4 members (excludes halogenated alkanes) is 3. The summed E-state index contributed by atoms with van der Waals surface area (Å²) >= 11 is 0. The van der Waals surface area contributed by atoms with Crippen LogP contribution in [0.5, 0.6) is 5.75 Å². The van der Waals surface area contributed by atoms with Crippen molar-refractivity contribution in [2.75, 3.05) is 6.61 Å². The molecule has 32 heavy (non-hydrogen) atoms. The van der Waals surface area contributed by atoms with Crippen LogP contribution < -0.4 is 4.74 Å². The third-order valence-electron chi connectivity index (χ3n) is 8.17. The van der Waals surface area contributed by atoms with Gasteiger partial charge in [-0.1, -0.05) is 81.9 Å². The monoisotopic (exact) mass is 436 g/mol. The average Bonchev–Trinajstić information content (AvgIpc) is 2.83. The van der Waals surface area contributed by atoms with E-state index in [1.807, 2.05) is 31.2 Å². The average molecular weight is 437 g/mol. The molecule has 2 aliphatic carbocycles. The fourth-order valence-electron chi connectivity index (χ4n) is 6.30. The van der Waals surface area contributed by atoms with E-state index < -0.39 is 0 Å². The second-order valence-corrected chi connectivity index (χ2v) is 10.3. The zero-order valence-electron chi connectivity index (χ0n) is 20.1. The molecule has 2 aliphatic rings. The highest BCUT2D eigenvalue weighted by Crippen LogP contribution is 2.48. The van der Waals surface area contributed by atoms with Gasteiger partial charge in [-0.2, -0.15) is 0 Å². The van der Waals surface area contributed by atoms with Crippen molar-refractivity contribution in [3.05, 3.63) is 53.9 Å². The minimum Gasteiger partial charge on any atom is -0.486 e. The van der Waals surface area contributed by atoms with Crippen LogP contribution in [0.3, 0.4) is 0 Å². The zero-order chi connectivity index (χ0) is 22.3. The van der Waals surface area contributed by atoms with Crippen LogP contribution in [0, 0.1) is 23.6 Å². The molecule has 0 amide bonds.